The number of hydrogen-bond donors (Lipinski definition) is 2. The largest absolute Gasteiger partial charge is 0.508 e. The summed E-state index contributed by atoms with van der Waals surface area (Å²) >= 11 is 0. The second-order valence-electron chi connectivity index (χ2n) is 14.8. The Labute approximate surface area is 295 Å². The molecule has 51 heavy (non-hydrogen) atoms. The lowest BCUT2D eigenvalue weighted by Gasteiger charge is -2.30. The van der Waals surface area contributed by atoms with Gasteiger partial charge in [0.15, 0.2) is 5.82 Å². The van der Waals surface area contributed by atoms with Gasteiger partial charge in [-0.25, -0.2) is 8.78 Å². The number of morpholine rings is 1. The summed E-state index contributed by atoms with van der Waals surface area (Å²) in [6.45, 7) is 13.3. The number of nitrogens with one attached hydrogen (secondary N) is 1. The van der Waals surface area contributed by atoms with Gasteiger partial charge >= 0.3 is 6.01 Å². The molecule has 0 bridgehead atoms. The molecule has 266 valence electrons. The van der Waals surface area contributed by atoms with Crippen molar-refractivity contribution < 1.29 is 28.2 Å². The zero-order valence-corrected chi connectivity index (χ0v) is 29.0. The van der Waals surface area contributed by atoms with E-state index in [0.29, 0.717) is 49.5 Å². The molecule has 2 aliphatic heterocycles. The Morgan fingerprint density at radius 1 is 1.20 bits per heavy atom. The lowest BCUT2D eigenvalue weighted by atomic mass is 9.84. The van der Waals surface area contributed by atoms with Gasteiger partial charge in [0.1, 0.15) is 28.6 Å². The fourth-order valence-electron chi connectivity index (χ4n) is 7.42. The molecular formula is C39H42F2N6O4. The highest BCUT2D eigenvalue weighted by molar-refractivity contribution is 6.03. The molecule has 1 amide bonds. The third-order valence-electron chi connectivity index (χ3n) is 10.4. The fourth-order valence-corrected chi connectivity index (χ4v) is 7.42. The second-order valence-corrected chi connectivity index (χ2v) is 14.8. The lowest BCUT2D eigenvalue weighted by Crippen LogP contribution is -2.43. The summed E-state index contributed by atoms with van der Waals surface area (Å²) in [5, 5.41) is 14.7. The van der Waals surface area contributed by atoms with Gasteiger partial charge in [0.2, 0.25) is 5.91 Å². The van der Waals surface area contributed by atoms with Crippen molar-refractivity contribution in [2.45, 2.75) is 45.6 Å². The first-order valence-electron chi connectivity index (χ1n) is 17.4. The molecule has 1 atom stereocenters. The maximum absolute atomic E-state index is 17.0. The van der Waals surface area contributed by atoms with Crippen molar-refractivity contribution in [2.75, 3.05) is 57.4 Å². The van der Waals surface area contributed by atoms with Crippen molar-refractivity contribution in [2.24, 2.45) is 10.8 Å². The second kappa shape index (κ2) is 13.7. The molecule has 4 aromatic rings. The van der Waals surface area contributed by atoms with Crippen LogP contribution in [0.15, 0.2) is 43.1 Å². The van der Waals surface area contributed by atoms with Gasteiger partial charge in [-0.05, 0) is 60.8 Å². The summed E-state index contributed by atoms with van der Waals surface area (Å²) in [5.74, 6) is 0.939. The van der Waals surface area contributed by atoms with Gasteiger partial charge in [0, 0.05) is 61.3 Å². The van der Waals surface area contributed by atoms with Crippen LogP contribution >= 0.6 is 0 Å². The van der Waals surface area contributed by atoms with Crippen LogP contribution in [0, 0.1) is 34.8 Å². The van der Waals surface area contributed by atoms with Crippen molar-refractivity contribution in [3.05, 3.63) is 60.3 Å². The Morgan fingerprint density at radius 2 is 1.98 bits per heavy atom. The van der Waals surface area contributed by atoms with Crippen LogP contribution < -0.4 is 15.0 Å². The minimum absolute atomic E-state index is 0.0214. The zero-order valence-electron chi connectivity index (χ0n) is 29.0. The van der Waals surface area contributed by atoms with Crippen LogP contribution in [0.2, 0.25) is 0 Å². The Bertz CT molecular complexity index is 2050. The van der Waals surface area contributed by atoms with Crippen LogP contribution in [0.4, 0.5) is 14.6 Å². The van der Waals surface area contributed by atoms with Crippen LogP contribution in [-0.2, 0) is 9.53 Å². The minimum atomic E-state index is -0.791. The van der Waals surface area contributed by atoms with E-state index in [0.717, 1.165) is 45.3 Å². The summed E-state index contributed by atoms with van der Waals surface area (Å²) in [6, 6.07) is 5.24. The van der Waals surface area contributed by atoms with E-state index in [2.05, 4.69) is 46.5 Å². The van der Waals surface area contributed by atoms with Crippen LogP contribution in [0.3, 0.4) is 0 Å². The fraction of sp³-hybridized carbons (Fsp3) is 0.436. The van der Waals surface area contributed by atoms with Gasteiger partial charge in [-0.15, -0.1) is 6.42 Å². The summed E-state index contributed by atoms with van der Waals surface area (Å²) in [4.78, 5) is 30.9. The van der Waals surface area contributed by atoms with Crippen LogP contribution in [0.25, 0.3) is 32.9 Å². The van der Waals surface area contributed by atoms with Crippen LogP contribution in [0.5, 0.6) is 11.8 Å². The molecule has 1 saturated carbocycles. The van der Waals surface area contributed by atoms with Gasteiger partial charge < -0.3 is 24.8 Å². The number of phenolic OH excluding ortho intramolecular Hbond substituents is 1. The van der Waals surface area contributed by atoms with Gasteiger partial charge in [0.05, 0.1) is 30.8 Å². The van der Waals surface area contributed by atoms with Crippen molar-refractivity contribution in [3.8, 4) is 35.4 Å². The number of ether oxygens (including phenoxy) is 2. The van der Waals surface area contributed by atoms with E-state index in [1.54, 1.807) is 0 Å². The molecule has 1 unspecified atom stereocenters. The summed E-state index contributed by atoms with van der Waals surface area (Å²) in [7, 11) is 0. The van der Waals surface area contributed by atoms with E-state index < -0.39 is 11.6 Å². The lowest BCUT2D eigenvalue weighted by molar-refractivity contribution is -0.117. The van der Waals surface area contributed by atoms with Crippen molar-refractivity contribution >= 4 is 33.4 Å². The number of halogens is 2. The number of anilines is 1. The molecule has 2 aromatic carbocycles. The topological polar surface area (TPSA) is 113 Å². The first-order valence-corrected chi connectivity index (χ1v) is 17.4. The molecule has 3 aliphatic rings. The number of rotatable bonds is 9. The number of pyridine rings is 1. The average molecular weight is 697 g/mol. The molecule has 0 spiro atoms. The number of hydrogen-bond acceptors (Lipinski definition) is 9. The number of amides is 1. The number of aromatic hydroxyl groups is 1. The highest BCUT2D eigenvalue weighted by Gasteiger charge is 2.45. The Hall–Kier alpha value is -4.86. The Morgan fingerprint density at radius 3 is 2.71 bits per heavy atom. The van der Waals surface area contributed by atoms with E-state index >= 15 is 4.39 Å². The van der Waals surface area contributed by atoms with Crippen LogP contribution in [-0.4, -0.2) is 89.5 Å². The maximum Gasteiger partial charge on any atom is 0.319 e. The van der Waals surface area contributed by atoms with Crippen molar-refractivity contribution in [3.63, 3.8) is 0 Å². The number of aromatic nitrogens is 3. The zero-order chi connectivity index (χ0) is 35.9. The van der Waals surface area contributed by atoms with E-state index in [9.17, 15) is 14.3 Å². The Balaban J connectivity index is 1.34. The van der Waals surface area contributed by atoms with Gasteiger partial charge in [0.25, 0.3) is 0 Å². The van der Waals surface area contributed by atoms with Gasteiger partial charge in [-0.2, -0.15) is 9.97 Å². The monoisotopic (exact) mass is 696 g/mol. The van der Waals surface area contributed by atoms with E-state index in [1.165, 1.54) is 36.5 Å². The molecule has 3 fully saturated rings. The number of terminal acetylenes is 1. The number of phenols is 1. The predicted molar refractivity (Wildman–Crippen MR) is 192 cm³/mol. The van der Waals surface area contributed by atoms with E-state index in [4.69, 9.17) is 20.9 Å². The number of benzene rings is 2. The number of nitrogens with zero attached hydrogens (tertiary/aromatic N) is 5. The van der Waals surface area contributed by atoms with Crippen molar-refractivity contribution in [1.82, 2.24) is 25.2 Å². The summed E-state index contributed by atoms with van der Waals surface area (Å²) in [5.41, 5.74) is -0.286. The summed E-state index contributed by atoms with van der Waals surface area (Å²) in [6.07, 6.45) is 12.0. The van der Waals surface area contributed by atoms with E-state index in [1.807, 2.05) is 4.90 Å². The van der Waals surface area contributed by atoms with Crippen LogP contribution in [0.1, 0.15) is 45.1 Å². The predicted octanol–water partition coefficient (Wildman–Crippen LogP) is 5.60. The number of carbonyl (C=O) groups excluding carboxylic acids is 1. The molecule has 2 aromatic heterocycles. The SMILES string of the molecule is C#Cc1c(F)ccc2cc(O)cc(-c3ncc4c(N5CCC(C)(C)CC(NC(=O)C=C)C5)nc(OCC5(CN6CCOCC6)CC5)nc4c3F)c12. The highest BCUT2D eigenvalue weighted by Crippen LogP contribution is 2.47. The average Bonchev–Trinajstić information content (AvgIpc) is 3.90. The molecule has 12 heteroatoms. The molecule has 7 rings (SSSR count). The normalized spacial score (nSPS) is 20.1. The minimum Gasteiger partial charge on any atom is -0.508 e. The molecule has 10 nitrogen and oxygen atoms in total. The van der Waals surface area contributed by atoms with Gasteiger partial charge in [-0.1, -0.05) is 32.4 Å². The molecule has 2 N–H and O–H groups in total. The highest BCUT2D eigenvalue weighted by atomic mass is 19.1. The third-order valence-corrected chi connectivity index (χ3v) is 10.4. The number of fused-ring (bicyclic) bond motifs is 2. The molecule has 1 aliphatic carbocycles. The molecule has 2 saturated heterocycles. The first kappa shape index (κ1) is 34.6. The quantitative estimate of drug-likeness (QED) is 0.171. The molecular weight excluding hydrogens is 654 g/mol. The molecule has 0 radical (unpaired) electrons. The standard InChI is InChI=1S/C39H42F2N6O4/c1-5-27-30(40)8-7-24-17-26(48)18-28(32(24)27)34-33(41)35-29(20-42-34)36(47-12-11-38(3,4)19-25(21-47)43-31(49)6-2)45-37(44-35)51-23-39(9-10-39)22-46-13-15-50-16-14-46/h1,6-8,17-18,20,25,48H,2,9-16,19,21-23H2,3-4H3,(H,43,49). The van der Waals surface area contributed by atoms with Gasteiger partial charge in [-0.3, -0.25) is 14.7 Å². The van der Waals surface area contributed by atoms with Crippen molar-refractivity contribution in [1.29, 1.82) is 0 Å². The van der Waals surface area contributed by atoms with E-state index in [-0.39, 0.29) is 62.3 Å². The Kier molecular flexibility index (Phi) is 9.29. The smallest absolute Gasteiger partial charge is 0.319 e. The summed E-state index contributed by atoms with van der Waals surface area (Å²) < 4.78 is 43.8. The maximum atomic E-state index is 17.0. The first-order chi connectivity index (χ1) is 24.5. The third kappa shape index (κ3) is 7.18. The molecule has 4 heterocycles. The number of carbonyl (C=O) groups is 1.